The first kappa shape index (κ1) is 15.3. The summed E-state index contributed by atoms with van der Waals surface area (Å²) in [5, 5.41) is 13.5. The third kappa shape index (κ3) is 4.78. The van der Waals surface area contributed by atoms with Crippen LogP contribution in [-0.2, 0) is 14.4 Å². The maximum Gasteiger partial charge on any atom is 0.249 e. The second kappa shape index (κ2) is 5.92. The van der Waals surface area contributed by atoms with Gasteiger partial charge >= 0.3 is 0 Å². The molecule has 7 heteroatoms. The molecule has 1 rings (SSSR count). The van der Waals surface area contributed by atoms with Crippen molar-refractivity contribution in [3.05, 3.63) is 11.6 Å². The molecule has 1 saturated heterocycles. The van der Waals surface area contributed by atoms with Gasteiger partial charge in [0.15, 0.2) is 0 Å². The van der Waals surface area contributed by atoms with E-state index in [4.69, 9.17) is 5.11 Å². The van der Waals surface area contributed by atoms with Crippen LogP contribution in [0.25, 0.3) is 0 Å². The summed E-state index contributed by atoms with van der Waals surface area (Å²) in [5.41, 5.74) is 0.0391. The number of nitrogens with one attached hydrogen (secondary N) is 2. The van der Waals surface area contributed by atoms with E-state index in [2.05, 4.69) is 10.6 Å². The molecule has 1 fully saturated rings. The summed E-state index contributed by atoms with van der Waals surface area (Å²) in [6.07, 6.45) is 1.36. The van der Waals surface area contributed by atoms with Crippen LogP contribution in [0.2, 0.25) is 0 Å². The number of hydrogen-bond acceptors (Lipinski definition) is 4. The van der Waals surface area contributed by atoms with E-state index in [1.165, 1.54) is 0 Å². The van der Waals surface area contributed by atoms with Crippen LogP contribution in [0.4, 0.5) is 4.39 Å². The van der Waals surface area contributed by atoms with Gasteiger partial charge in [0.25, 0.3) is 0 Å². The van der Waals surface area contributed by atoms with Crippen molar-refractivity contribution in [1.29, 1.82) is 0 Å². The number of halogens is 1. The summed E-state index contributed by atoms with van der Waals surface area (Å²) in [6.45, 7) is 2.53. The summed E-state index contributed by atoms with van der Waals surface area (Å²) in [4.78, 5) is 34.2. The van der Waals surface area contributed by atoms with E-state index in [0.29, 0.717) is 0 Å². The maximum absolute atomic E-state index is 13.1. The number of aliphatic hydroxyl groups is 1. The average Bonchev–Trinajstić information content (AvgIpc) is 2.28. The molecule has 3 amide bonds. The number of amides is 3. The molecule has 1 aliphatic rings. The number of rotatable bonds is 4. The smallest absolute Gasteiger partial charge is 0.249 e. The van der Waals surface area contributed by atoms with Gasteiger partial charge in [0.05, 0.1) is 0 Å². The minimum atomic E-state index is -2.59. The van der Waals surface area contributed by atoms with Gasteiger partial charge in [-0.1, -0.05) is 6.92 Å². The molecule has 0 aromatic carbocycles. The van der Waals surface area contributed by atoms with Gasteiger partial charge < -0.3 is 10.4 Å². The van der Waals surface area contributed by atoms with Crippen molar-refractivity contribution in [3.63, 3.8) is 0 Å². The Balaban J connectivity index is 2.71. The molecular weight excluding hydrogens is 255 g/mol. The lowest BCUT2D eigenvalue weighted by Crippen LogP contribution is -2.52. The molecule has 3 N–H and O–H groups in total. The highest BCUT2D eigenvalue weighted by atomic mass is 19.2. The van der Waals surface area contributed by atoms with E-state index in [9.17, 15) is 18.8 Å². The Morgan fingerprint density at radius 2 is 2.26 bits per heavy atom. The Hall–Kier alpha value is -1.76. The van der Waals surface area contributed by atoms with Gasteiger partial charge in [0, 0.05) is 12.0 Å². The molecule has 0 aromatic rings. The average molecular weight is 272 g/mol. The summed E-state index contributed by atoms with van der Waals surface area (Å²) in [7, 11) is 0. The predicted molar refractivity (Wildman–Crippen MR) is 64.4 cm³/mol. The second-order valence-corrected chi connectivity index (χ2v) is 4.52. The number of carbonyl (C=O) groups is 3. The summed E-state index contributed by atoms with van der Waals surface area (Å²) in [6, 6.07) is -0.815. The fourth-order valence-corrected chi connectivity index (χ4v) is 1.73. The van der Waals surface area contributed by atoms with Gasteiger partial charge in [0.1, 0.15) is 6.04 Å². The lowest BCUT2D eigenvalue weighted by Gasteiger charge is -2.22. The normalized spacial score (nSPS) is 23.6. The fraction of sp³-hybridized carbons (Fsp3) is 0.583. The first-order valence-corrected chi connectivity index (χ1v) is 6.00. The molecule has 2 unspecified atom stereocenters. The topological polar surface area (TPSA) is 95.5 Å². The standard InChI is InChI=1S/C12H17FN2O4/c1-3-7(6-12(2,13)19)10(17)14-8-4-5-9(16)15-11(8)18/h6,8,19H,3-5H2,1-2H3,(H,14,17)(H,15,16,18)/b7-6+. The molecule has 1 heterocycles. The first-order chi connectivity index (χ1) is 8.73. The quantitative estimate of drug-likeness (QED) is 0.493. The van der Waals surface area contributed by atoms with Crippen LogP contribution in [0.1, 0.15) is 33.1 Å². The Morgan fingerprint density at radius 3 is 2.74 bits per heavy atom. The highest BCUT2D eigenvalue weighted by Crippen LogP contribution is 2.14. The molecule has 0 radical (unpaired) electrons. The second-order valence-electron chi connectivity index (χ2n) is 4.52. The van der Waals surface area contributed by atoms with E-state index >= 15 is 0 Å². The summed E-state index contributed by atoms with van der Waals surface area (Å²) >= 11 is 0. The molecule has 0 bridgehead atoms. The van der Waals surface area contributed by atoms with Crippen LogP contribution in [-0.4, -0.2) is 34.7 Å². The van der Waals surface area contributed by atoms with Crippen LogP contribution < -0.4 is 10.6 Å². The zero-order valence-electron chi connectivity index (χ0n) is 10.8. The largest absolute Gasteiger partial charge is 0.359 e. The number of piperidine rings is 1. The first-order valence-electron chi connectivity index (χ1n) is 6.00. The van der Waals surface area contributed by atoms with Crippen LogP contribution >= 0.6 is 0 Å². The van der Waals surface area contributed by atoms with Crippen molar-refractivity contribution in [2.45, 2.75) is 45.0 Å². The lowest BCUT2D eigenvalue weighted by molar-refractivity contribution is -0.136. The Morgan fingerprint density at radius 1 is 1.63 bits per heavy atom. The van der Waals surface area contributed by atoms with Gasteiger partial charge in [0.2, 0.25) is 23.6 Å². The van der Waals surface area contributed by atoms with Gasteiger partial charge in [-0.15, -0.1) is 0 Å². The number of alkyl halides is 1. The molecule has 19 heavy (non-hydrogen) atoms. The summed E-state index contributed by atoms with van der Waals surface area (Å²) < 4.78 is 13.1. The van der Waals surface area contributed by atoms with E-state index < -0.39 is 23.7 Å². The molecule has 1 aliphatic heterocycles. The molecular formula is C12H17FN2O4. The predicted octanol–water partition coefficient (Wildman–Crippen LogP) is -0.0778. The molecule has 0 saturated carbocycles. The molecule has 106 valence electrons. The summed E-state index contributed by atoms with van der Waals surface area (Å²) in [5.74, 6) is -4.18. The minimum Gasteiger partial charge on any atom is -0.359 e. The zero-order chi connectivity index (χ0) is 14.6. The van der Waals surface area contributed by atoms with Gasteiger partial charge in [-0.2, -0.15) is 0 Å². The van der Waals surface area contributed by atoms with Crippen molar-refractivity contribution < 1.29 is 23.9 Å². The molecule has 2 atom stereocenters. The Kier molecular flexibility index (Phi) is 4.77. The van der Waals surface area contributed by atoms with E-state index in [-0.39, 0.29) is 30.7 Å². The van der Waals surface area contributed by atoms with Gasteiger partial charge in [-0.05, 0) is 25.8 Å². The fourth-order valence-electron chi connectivity index (χ4n) is 1.73. The van der Waals surface area contributed by atoms with Crippen molar-refractivity contribution >= 4 is 17.7 Å². The highest BCUT2D eigenvalue weighted by molar-refractivity contribution is 6.03. The van der Waals surface area contributed by atoms with Crippen LogP contribution in [0.5, 0.6) is 0 Å². The third-order valence-electron chi connectivity index (χ3n) is 2.65. The van der Waals surface area contributed by atoms with Crippen molar-refractivity contribution in [2.24, 2.45) is 0 Å². The van der Waals surface area contributed by atoms with E-state index in [0.717, 1.165) is 13.0 Å². The van der Waals surface area contributed by atoms with Crippen molar-refractivity contribution in [2.75, 3.05) is 0 Å². The molecule has 0 aromatic heterocycles. The van der Waals surface area contributed by atoms with Crippen LogP contribution in [0.15, 0.2) is 11.6 Å². The van der Waals surface area contributed by atoms with E-state index in [1.807, 2.05) is 0 Å². The number of hydrogen-bond donors (Lipinski definition) is 3. The zero-order valence-corrected chi connectivity index (χ0v) is 10.8. The van der Waals surface area contributed by atoms with Crippen molar-refractivity contribution in [1.82, 2.24) is 10.6 Å². The highest BCUT2D eigenvalue weighted by Gasteiger charge is 2.29. The number of imide groups is 1. The van der Waals surface area contributed by atoms with Gasteiger partial charge in [-0.25, -0.2) is 4.39 Å². The lowest BCUT2D eigenvalue weighted by atomic mass is 10.0. The van der Waals surface area contributed by atoms with E-state index in [1.54, 1.807) is 6.92 Å². The van der Waals surface area contributed by atoms with Crippen LogP contribution in [0, 0.1) is 0 Å². The monoisotopic (exact) mass is 272 g/mol. The Labute approximate surface area is 110 Å². The van der Waals surface area contributed by atoms with Gasteiger partial charge in [-0.3, -0.25) is 19.7 Å². The maximum atomic E-state index is 13.1. The number of carbonyl (C=O) groups excluding carboxylic acids is 3. The van der Waals surface area contributed by atoms with Crippen LogP contribution in [0.3, 0.4) is 0 Å². The third-order valence-corrected chi connectivity index (χ3v) is 2.65. The Bertz CT molecular complexity index is 426. The molecule has 6 nitrogen and oxygen atoms in total. The minimum absolute atomic E-state index is 0.0391. The molecule has 0 spiro atoms. The SMILES string of the molecule is CC/C(=C\C(C)(O)F)C(=O)NC1CCC(=O)NC1=O. The molecule has 0 aliphatic carbocycles. The van der Waals surface area contributed by atoms with Crippen molar-refractivity contribution in [3.8, 4) is 0 Å².